The van der Waals surface area contributed by atoms with Crippen molar-refractivity contribution in [3.8, 4) is 22.3 Å². The van der Waals surface area contributed by atoms with E-state index >= 15 is 0 Å². The van der Waals surface area contributed by atoms with Crippen LogP contribution in [0.25, 0.3) is 91.8 Å². The lowest BCUT2D eigenvalue weighted by Crippen LogP contribution is -1.90. The van der Waals surface area contributed by atoms with Gasteiger partial charge in [0.15, 0.2) is 5.65 Å². The molecule has 10 aromatic rings. The molecule has 10 rings (SSSR count). The highest BCUT2D eigenvalue weighted by Gasteiger charge is 2.22. The normalized spacial score (nSPS) is 12.3. The van der Waals surface area contributed by atoms with Crippen LogP contribution in [0, 0.1) is 0 Å². The Morgan fingerprint density at radius 1 is 0.500 bits per heavy atom. The van der Waals surface area contributed by atoms with E-state index in [1.807, 2.05) is 17.4 Å². The fraction of sp³-hybridized carbons (Fsp3) is 0. The number of para-hydroxylation sites is 1. The van der Waals surface area contributed by atoms with Gasteiger partial charge in [-0.05, 0) is 64.7 Å². The zero-order valence-electron chi connectivity index (χ0n) is 22.4. The molecule has 0 atom stereocenters. The topological polar surface area (TPSA) is 30.2 Å². The SMILES string of the molecule is c1ccc(-c2ccc3nc4c5cc(-c6cccc7sc8ccccc8c67)cc6c7ccccc7n(c4nc3c2)c65)cc1. The quantitative estimate of drug-likeness (QED) is 0.214. The second kappa shape index (κ2) is 8.12. The molecule has 6 aromatic carbocycles. The van der Waals surface area contributed by atoms with E-state index in [9.17, 15) is 0 Å². The summed E-state index contributed by atoms with van der Waals surface area (Å²) in [7, 11) is 0. The molecule has 0 fully saturated rings. The molecule has 42 heavy (non-hydrogen) atoms. The molecule has 0 aliphatic carbocycles. The Morgan fingerprint density at radius 2 is 1.29 bits per heavy atom. The van der Waals surface area contributed by atoms with Gasteiger partial charge < -0.3 is 0 Å². The number of fused-ring (bicyclic) bond motifs is 10. The maximum atomic E-state index is 5.29. The Labute approximate surface area is 244 Å². The summed E-state index contributed by atoms with van der Waals surface area (Å²) in [5.41, 5.74) is 10.8. The second-order valence-corrected chi connectivity index (χ2v) is 12.1. The highest BCUT2D eigenvalue weighted by Crippen LogP contribution is 2.44. The van der Waals surface area contributed by atoms with Crippen LogP contribution in [0.5, 0.6) is 0 Å². The van der Waals surface area contributed by atoms with E-state index in [1.54, 1.807) is 0 Å². The van der Waals surface area contributed by atoms with E-state index in [1.165, 1.54) is 53.2 Å². The van der Waals surface area contributed by atoms with Gasteiger partial charge in [-0.2, -0.15) is 0 Å². The maximum Gasteiger partial charge on any atom is 0.165 e. The van der Waals surface area contributed by atoms with Gasteiger partial charge in [0.05, 0.1) is 22.1 Å². The van der Waals surface area contributed by atoms with Crippen molar-refractivity contribution in [3.63, 3.8) is 0 Å². The van der Waals surface area contributed by atoms with Crippen LogP contribution in [0.15, 0.2) is 127 Å². The molecule has 0 aliphatic rings. The second-order valence-electron chi connectivity index (χ2n) is 11.0. The van der Waals surface area contributed by atoms with Gasteiger partial charge in [0.1, 0.15) is 5.52 Å². The van der Waals surface area contributed by atoms with E-state index in [2.05, 4.69) is 126 Å². The average Bonchev–Trinajstić information content (AvgIpc) is 3.70. The van der Waals surface area contributed by atoms with Gasteiger partial charge in [0.25, 0.3) is 0 Å². The Bertz CT molecular complexity index is 2680. The largest absolute Gasteiger partial charge is 0.291 e. The summed E-state index contributed by atoms with van der Waals surface area (Å²) >= 11 is 1.86. The molecule has 0 aliphatic heterocycles. The fourth-order valence-electron chi connectivity index (χ4n) is 6.86. The molecule has 4 heterocycles. The Balaban J connectivity index is 1.33. The number of rotatable bonds is 2. The highest BCUT2D eigenvalue weighted by atomic mass is 32.1. The summed E-state index contributed by atoms with van der Waals surface area (Å²) in [6.07, 6.45) is 0. The van der Waals surface area contributed by atoms with Gasteiger partial charge in [0, 0.05) is 36.3 Å². The minimum atomic E-state index is 0.906. The first-order valence-corrected chi connectivity index (χ1v) is 15.0. The molecule has 0 saturated heterocycles. The van der Waals surface area contributed by atoms with Crippen molar-refractivity contribution in [1.82, 2.24) is 14.4 Å². The number of thiophene rings is 1. The number of benzene rings is 6. The van der Waals surface area contributed by atoms with E-state index < -0.39 is 0 Å². The lowest BCUT2D eigenvalue weighted by molar-refractivity contribution is 1.28. The Hall–Kier alpha value is -5.32. The molecule has 4 heteroatoms. The monoisotopic (exact) mass is 551 g/mol. The third-order valence-corrected chi connectivity index (χ3v) is 9.84. The summed E-state index contributed by atoms with van der Waals surface area (Å²) in [6, 6.07) is 45.7. The molecule has 0 bridgehead atoms. The lowest BCUT2D eigenvalue weighted by Gasteiger charge is -2.07. The van der Waals surface area contributed by atoms with Crippen LogP contribution in [-0.2, 0) is 0 Å². The standard InChI is InChI=1S/C38H21N3S/c1-2-9-22(10-3-1)23-17-18-30-31(21-23)40-38-36(39-30)29-20-24(19-28-26-11-4-6-14-32(26)41(38)37(28)29)25-13-8-16-34-35(25)27-12-5-7-15-33(27)42-34/h1-21H. The first-order valence-electron chi connectivity index (χ1n) is 14.2. The first-order chi connectivity index (χ1) is 20.8. The van der Waals surface area contributed by atoms with Crippen LogP contribution in [0.3, 0.4) is 0 Å². The van der Waals surface area contributed by atoms with E-state index in [-0.39, 0.29) is 0 Å². The first kappa shape index (κ1) is 22.4. The van der Waals surface area contributed by atoms with Crippen LogP contribution in [0.2, 0.25) is 0 Å². The molecule has 0 radical (unpaired) electrons. The van der Waals surface area contributed by atoms with Crippen molar-refractivity contribution in [2.24, 2.45) is 0 Å². The lowest BCUT2D eigenvalue weighted by atomic mass is 9.96. The smallest absolute Gasteiger partial charge is 0.165 e. The van der Waals surface area contributed by atoms with Crippen LogP contribution >= 0.6 is 11.3 Å². The van der Waals surface area contributed by atoms with Gasteiger partial charge in [-0.1, -0.05) is 84.9 Å². The minimum Gasteiger partial charge on any atom is -0.291 e. The molecule has 0 saturated carbocycles. The van der Waals surface area contributed by atoms with Crippen LogP contribution < -0.4 is 0 Å². The van der Waals surface area contributed by atoms with Crippen molar-refractivity contribution >= 4 is 80.9 Å². The fourth-order valence-corrected chi connectivity index (χ4v) is 7.99. The van der Waals surface area contributed by atoms with E-state index in [4.69, 9.17) is 9.97 Å². The molecular formula is C38H21N3S. The molecule has 0 spiro atoms. The van der Waals surface area contributed by atoms with E-state index in [0.717, 1.165) is 38.7 Å². The molecule has 3 nitrogen and oxygen atoms in total. The summed E-state index contributed by atoms with van der Waals surface area (Å²) in [4.78, 5) is 10.6. The van der Waals surface area contributed by atoms with Crippen molar-refractivity contribution in [3.05, 3.63) is 127 Å². The Kier molecular flexibility index (Phi) is 4.33. The number of hydrogen-bond donors (Lipinski definition) is 0. The molecule has 0 unspecified atom stereocenters. The maximum absolute atomic E-state index is 5.29. The molecule has 194 valence electrons. The number of hydrogen-bond acceptors (Lipinski definition) is 3. The summed E-state index contributed by atoms with van der Waals surface area (Å²) in [5, 5.41) is 6.26. The van der Waals surface area contributed by atoms with Crippen molar-refractivity contribution in [2.45, 2.75) is 0 Å². The van der Waals surface area contributed by atoms with Crippen molar-refractivity contribution in [2.75, 3.05) is 0 Å². The van der Waals surface area contributed by atoms with Gasteiger partial charge in [-0.25, -0.2) is 9.97 Å². The van der Waals surface area contributed by atoms with Gasteiger partial charge in [0.2, 0.25) is 0 Å². The predicted molar refractivity (Wildman–Crippen MR) is 178 cm³/mol. The average molecular weight is 552 g/mol. The predicted octanol–water partition coefficient (Wildman–Crippen LogP) is 10.5. The van der Waals surface area contributed by atoms with Crippen LogP contribution in [-0.4, -0.2) is 14.4 Å². The number of aromatic nitrogens is 3. The zero-order chi connectivity index (χ0) is 27.4. The summed E-state index contributed by atoms with van der Waals surface area (Å²) in [5.74, 6) is 0. The Morgan fingerprint density at radius 3 is 2.21 bits per heavy atom. The third-order valence-electron chi connectivity index (χ3n) is 8.70. The van der Waals surface area contributed by atoms with Gasteiger partial charge >= 0.3 is 0 Å². The van der Waals surface area contributed by atoms with Crippen LogP contribution in [0.4, 0.5) is 0 Å². The van der Waals surface area contributed by atoms with Crippen molar-refractivity contribution < 1.29 is 0 Å². The van der Waals surface area contributed by atoms with Crippen LogP contribution in [0.1, 0.15) is 0 Å². The summed E-state index contributed by atoms with van der Waals surface area (Å²) < 4.78 is 4.95. The molecular weight excluding hydrogens is 531 g/mol. The third kappa shape index (κ3) is 2.94. The molecule has 4 aromatic heterocycles. The van der Waals surface area contributed by atoms with Crippen molar-refractivity contribution in [1.29, 1.82) is 0 Å². The van der Waals surface area contributed by atoms with Gasteiger partial charge in [-0.3, -0.25) is 4.40 Å². The number of nitrogens with zero attached hydrogens (tertiary/aromatic N) is 3. The highest BCUT2D eigenvalue weighted by molar-refractivity contribution is 7.25. The minimum absolute atomic E-state index is 0.906. The molecule has 0 amide bonds. The zero-order valence-corrected chi connectivity index (χ0v) is 23.2. The summed E-state index contributed by atoms with van der Waals surface area (Å²) in [6.45, 7) is 0. The van der Waals surface area contributed by atoms with Gasteiger partial charge in [-0.15, -0.1) is 11.3 Å². The molecule has 0 N–H and O–H groups in total. The van der Waals surface area contributed by atoms with E-state index in [0.29, 0.717) is 0 Å².